The molecule has 15 aromatic rings. The number of hydrogen-bond acceptors (Lipinski definition) is 15. The molecular formula is C116H118Ir4N8O8PtS-4. The zero-order chi connectivity index (χ0) is 96.4. The average Bonchev–Trinajstić information content (AvgIpc) is 1.62. The van der Waals surface area contributed by atoms with E-state index in [2.05, 4.69) is 220 Å². The van der Waals surface area contributed by atoms with Crippen LogP contribution in [0, 0.1) is 45.0 Å². The number of nitrogens with zero attached hydrogens (tertiary/aromatic N) is 8. The van der Waals surface area contributed by atoms with Gasteiger partial charge in [-0.1, -0.05) is 205 Å². The van der Waals surface area contributed by atoms with Crippen LogP contribution in [0.15, 0.2) is 284 Å². The van der Waals surface area contributed by atoms with Gasteiger partial charge in [-0.15, -0.1) is 153 Å². The van der Waals surface area contributed by atoms with Crippen LogP contribution in [-0.4, -0.2) is 73.5 Å². The number of carbonyl (C=O) groups is 4. The molecule has 4 N–H and O–H groups in total. The summed E-state index contributed by atoms with van der Waals surface area (Å²) in [6.45, 7) is 35.5. The van der Waals surface area contributed by atoms with Crippen molar-refractivity contribution in [1.29, 1.82) is 0 Å². The second-order valence-electron chi connectivity index (χ2n) is 31.9. The predicted molar refractivity (Wildman–Crippen MR) is 551 cm³/mol. The van der Waals surface area contributed by atoms with Gasteiger partial charge >= 0.3 is 21.1 Å². The summed E-state index contributed by atoms with van der Waals surface area (Å²) in [5.74, 6) is -0.250. The number of fused-ring (bicyclic) bond motifs is 12. The third kappa shape index (κ3) is 34.9. The van der Waals surface area contributed by atoms with E-state index in [0.29, 0.717) is 0 Å². The van der Waals surface area contributed by atoms with E-state index in [1.807, 2.05) is 128 Å². The molecule has 2 aliphatic rings. The Hall–Kier alpha value is -11.4. The molecule has 726 valence electrons. The number of para-hydroxylation sites is 1. The first-order chi connectivity index (χ1) is 63.9. The molecule has 0 saturated carbocycles. The minimum atomic E-state index is -0.125. The predicted octanol–water partition coefficient (Wildman–Crippen LogP) is 28.8. The second kappa shape index (κ2) is 59.8. The standard InChI is InChI=1S/C35H42N4.C17H14N.C16H12N.C15H10N.C13H8NS.4C5H8O2.4Ir.Pt/c1-9-21-20(8)28-16-30-22(10-2)23(11-3)32(37-30)18-34-26(14-6)27(15-7)35(39-34)19-33-25(13-5)24(12-4)31(38-33)17-29(21)36-28;1-12-4-3-5-15(10-12)16-9-8-14-7-6-13(2)11-17(14)18-16;1-12-11-14-9-5-6-10-15(14)17-16(12)13-7-3-2-4-8-13;1-2-7-13(8-3-1)15-14-9-5-4-6-12(14)10-11-16-15;1-2-7-12-10(5-1)9-13(15-12)11-6-3-4-8-14-11;4*1-4(6)3-5(2)7;;;;;/h16-19H,9-15H2,1-8H3;3-4,6-11H,1-2H3;2-7,9-11H,1H3;1-7,9-11H;1-8H;4*3,6H,1-2H3;;;;;/q-2;4*-1;;;;;;;;;+2. The van der Waals surface area contributed by atoms with Crippen LogP contribution >= 0.6 is 11.3 Å². The van der Waals surface area contributed by atoms with Crippen molar-refractivity contribution in [2.45, 2.75) is 176 Å². The van der Waals surface area contributed by atoms with E-state index in [4.69, 9.17) is 50.3 Å². The zero-order valence-corrected chi connectivity index (χ0v) is 94.0. The molecule has 7 aromatic carbocycles. The summed E-state index contributed by atoms with van der Waals surface area (Å²) in [6.07, 6.45) is 15.0. The molecule has 2 aliphatic heterocycles. The van der Waals surface area contributed by atoms with E-state index in [1.165, 1.54) is 173 Å². The maximum absolute atomic E-state index is 10.0. The van der Waals surface area contributed by atoms with Crippen molar-refractivity contribution >= 4 is 121 Å². The van der Waals surface area contributed by atoms with Gasteiger partial charge in [0.2, 0.25) is 0 Å². The van der Waals surface area contributed by atoms with E-state index in [1.54, 1.807) is 11.3 Å². The Kier molecular flexibility index (Phi) is 51.5. The van der Waals surface area contributed by atoms with Gasteiger partial charge in [-0.2, -0.15) is 0 Å². The van der Waals surface area contributed by atoms with Gasteiger partial charge in [0.25, 0.3) is 0 Å². The number of aromatic nitrogens is 8. The molecule has 0 fully saturated rings. The van der Waals surface area contributed by atoms with Crippen molar-refractivity contribution in [1.82, 2.24) is 39.9 Å². The number of thiophene rings is 1. The number of aliphatic hydroxyl groups is 4. The molecule has 17 rings (SSSR count). The molecule has 0 atom stereocenters. The van der Waals surface area contributed by atoms with E-state index in [9.17, 15) is 19.2 Å². The number of allylic oxidation sites excluding steroid dienone is 12. The van der Waals surface area contributed by atoms with Gasteiger partial charge in [0.1, 0.15) is 0 Å². The summed E-state index contributed by atoms with van der Waals surface area (Å²) >= 11 is 1.73. The van der Waals surface area contributed by atoms with Crippen molar-refractivity contribution < 1.29 is 141 Å². The normalized spacial score (nSPS) is 11.3. The average molecular weight is 2750 g/mol. The molecule has 8 bridgehead atoms. The number of benzene rings is 7. The molecule has 0 aliphatic carbocycles. The van der Waals surface area contributed by atoms with Gasteiger partial charge in [-0.05, 0) is 221 Å². The largest absolute Gasteiger partial charge is 2.00 e. The fourth-order valence-corrected chi connectivity index (χ4v) is 16.4. The molecule has 0 unspecified atom stereocenters. The zero-order valence-electron chi connectivity index (χ0n) is 81.3. The van der Waals surface area contributed by atoms with Crippen LogP contribution in [0.2, 0.25) is 0 Å². The Bertz CT molecular complexity index is 6840. The summed E-state index contributed by atoms with van der Waals surface area (Å²) in [5, 5.41) is 39.4. The van der Waals surface area contributed by atoms with Gasteiger partial charge in [-0.3, -0.25) is 29.1 Å². The molecule has 138 heavy (non-hydrogen) atoms. The van der Waals surface area contributed by atoms with Gasteiger partial charge in [0, 0.05) is 123 Å². The van der Waals surface area contributed by atoms with Gasteiger partial charge in [0.15, 0.2) is 23.1 Å². The van der Waals surface area contributed by atoms with Crippen LogP contribution < -0.4 is 9.97 Å². The van der Waals surface area contributed by atoms with Crippen LogP contribution in [-0.2, 0) is 146 Å². The molecule has 22 heteroatoms. The Labute approximate surface area is 885 Å². The van der Waals surface area contributed by atoms with Gasteiger partial charge < -0.3 is 40.4 Å². The third-order valence-corrected chi connectivity index (χ3v) is 22.2. The fourth-order valence-electron chi connectivity index (χ4n) is 15.4. The van der Waals surface area contributed by atoms with Crippen LogP contribution in [0.5, 0.6) is 0 Å². The molecule has 10 heterocycles. The quantitative estimate of drug-likeness (QED) is 0.0423. The Morgan fingerprint density at radius 3 is 1.26 bits per heavy atom. The second-order valence-corrected chi connectivity index (χ2v) is 32.9. The molecule has 0 saturated heterocycles. The van der Waals surface area contributed by atoms with Crippen molar-refractivity contribution in [2.75, 3.05) is 0 Å². The third-order valence-electron chi connectivity index (χ3n) is 21.1. The van der Waals surface area contributed by atoms with E-state index >= 15 is 0 Å². The summed E-state index contributed by atoms with van der Waals surface area (Å²) in [6, 6.07) is 89.4. The van der Waals surface area contributed by atoms with E-state index in [0.717, 1.165) is 145 Å². The van der Waals surface area contributed by atoms with Crippen molar-refractivity contribution in [3.63, 3.8) is 0 Å². The Balaban J connectivity index is 0.000000346. The molecule has 0 spiro atoms. The van der Waals surface area contributed by atoms with Crippen molar-refractivity contribution in [2.24, 2.45) is 0 Å². The molecule has 8 aromatic heterocycles. The number of aryl methyl sites for hydroxylation is 7. The summed E-state index contributed by atoms with van der Waals surface area (Å²) in [4.78, 5) is 80.2. The number of pyridine rings is 4. The van der Waals surface area contributed by atoms with Gasteiger partial charge in [0.05, 0.1) is 56.8 Å². The summed E-state index contributed by atoms with van der Waals surface area (Å²) in [5.41, 5.74) is 31.8. The Morgan fingerprint density at radius 2 is 0.797 bits per heavy atom. The molecular weight excluding hydrogens is 2630 g/mol. The number of ketones is 4. The summed E-state index contributed by atoms with van der Waals surface area (Å²) in [7, 11) is 0. The molecule has 0 amide bonds. The Morgan fingerprint density at radius 1 is 0.355 bits per heavy atom. The van der Waals surface area contributed by atoms with Crippen molar-refractivity contribution in [3.05, 3.63) is 370 Å². The number of hydrogen-bond donors (Lipinski definition) is 4. The van der Waals surface area contributed by atoms with Gasteiger partial charge in [-0.25, -0.2) is 21.3 Å². The van der Waals surface area contributed by atoms with Crippen LogP contribution in [0.1, 0.15) is 192 Å². The monoisotopic (exact) mass is 2750 g/mol. The van der Waals surface area contributed by atoms with Crippen LogP contribution in [0.4, 0.5) is 0 Å². The van der Waals surface area contributed by atoms with Crippen LogP contribution in [0.3, 0.4) is 0 Å². The minimum Gasteiger partial charge on any atom is -0.657 e. The summed E-state index contributed by atoms with van der Waals surface area (Å²) < 4.78 is 1.26. The number of aliphatic hydroxyl groups excluding tert-OH is 4. The first-order valence-corrected chi connectivity index (χ1v) is 45.6. The van der Waals surface area contributed by atoms with Crippen LogP contribution in [0.25, 0.3) is 131 Å². The minimum absolute atomic E-state index is 0. The SMILES string of the molecule is CC(=O)C=C(C)O.CC(=O)C=C(C)O.CC(=O)C=C(C)O.CC(=O)C=C(C)O.CCC1=C(C)c2cc3[n-]c(cc4nc(cc5[n-]c(cc1n2)c(CC)c5CC)C(CC)=C4CC)c(CC)c3CC.Cc1cc2ccccc2nc1-c1[c-]cccc1.Cc1cc[c-]c(-c2ccc3ccc(C)cc3n2)c1.[Ir].[Ir].[Ir].[Ir].[Pt+2].[c-]1c(-c2ccccn2)sc2ccccc12.[c-]1ccccc1-c1nccc2ccccc12. The first kappa shape index (κ1) is 119. The molecule has 16 nitrogen and oxygen atoms in total. The fraction of sp³-hybridized carbons (Fsp3) is 0.224. The maximum Gasteiger partial charge on any atom is 2.00 e. The van der Waals surface area contributed by atoms with E-state index in [-0.39, 0.29) is 148 Å². The smallest absolute Gasteiger partial charge is 0.657 e. The van der Waals surface area contributed by atoms with Crippen molar-refractivity contribution in [3.8, 4) is 44.3 Å². The first-order valence-electron chi connectivity index (χ1n) is 44.8. The number of rotatable bonds is 15. The number of carbonyl (C=O) groups excluding carboxylic acids is 4. The maximum atomic E-state index is 10.0. The van der Waals surface area contributed by atoms with E-state index < -0.39 is 0 Å². The topological polar surface area (TPSA) is 255 Å². The molecule has 4 radical (unpaired) electrons.